The lowest BCUT2D eigenvalue weighted by atomic mass is 10.1. The van der Waals surface area contributed by atoms with Crippen LogP contribution in [0.2, 0.25) is 0 Å². The van der Waals surface area contributed by atoms with E-state index in [9.17, 15) is 13.2 Å². The van der Waals surface area contributed by atoms with Crippen LogP contribution in [0.5, 0.6) is 0 Å². The summed E-state index contributed by atoms with van der Waals surface area (Å²) >= 11 is 0. The Balaban J connectivity index is 1.98. The second-order valence-corrected chi connectivity index (χ2v) is 6.15. The smallest absolute Gasteiger partial charge is 0.179 e. The minimum absolute atomic E-state index is 0.0725. The molecule has 4 aromatic rings. The standard InChI is InChI=1S/C20H15F3N6/c1-25-20-15(23)13(14(22)18(24)29-20)19-27-16(10-2-4-12(21)5-3-10)17(28-19)11-6-8-26-9-7-11/h2-9H,1H3,(H,27,28)(H3,24,25,29). The first-order chi connectivity index (χ1) is 14.0. The van der Waals surface area contributed by atoms with Gasteiger partial charge in [0.05, 0.1) is 17.0 Å². The number of anilines is 2. The van der Waals surface area contributed by atoms with Crippen LogP contribution >= 0.6 is 0 Å². The number of hydrogen-bond donors (Lipinski definition) is 3. The number of aromatic amines is 1. The highest BCUT2D eigenvalue weighted by Gasteiger charge is 2.24. The number of nitrogens with two attached hydrogens (primary N) is 1. The summed E-state index contributed by atoms with van der Waals surface area (Å²) in [6, 6.07) is 9.07. The van der Waals surface area contributed by atoms with E-state index in [1.807, 2.05) is 0 Å². The number of nitrogens with one attached hydrogen (secondary N) is 2. The highest BCUT2D eigenvalue weighted by atomic mass is 19.1. The average molecular weight is 396 g/mol. The molecule has 0 spiro atoms. The van der Waals surface area contributed by atoms with Gasteiger partial charge in [0.2, 0.25) is 0 Å². The molecule has 1 aromatic carbocycles. The maximum Gasteiger partial charge on any atom is 0.179 e. The average Bonchev–Trinajstić information content (AvgIpc) is 3.17. The quantitative estimate of drug-likeness (QED) is 0.480. The highest BCUT2D eigenvalue weighted by molar-refractivity contribution is 5.82. The van der Waals surface area contributed by atoms with E-state index in [0.717, 1.165) is 0 Å². The number of aromatic nitrogens is 4. The van der Waals surface area contributed by atoms with E-state index >= 15 is 0 Å². The van der Waals surface area contributed by atoms with Crippen LogP contribution in [0.15, 0.2) is 48.8 Å². The molecule has 3 aromatic heterocycles. The first kappa shape index (κ1) is 18.5. The molecule has 6 nitrogen and oxygen atoms in total. The van der Waals surface area contributed by atoms with Crippen LogP contribution in [0.3, 0.4) is 0 Å². The zero-order valence-electron chi connectivity index (χ0n) is 15.2. The monoisotopic (exact) mass is 396 g/mol. The minimum Gasteiger partial charge on any atom is -0.381 e. The zero-order chi connectivity index (χ0) is 20.5. The van der Waals surface area contributed by atoms with Crippen molar-refractivity contribution in [2.45, 2.75) is 0 Å². The number of H-pyrrole nitrogens is 1. The molecule has 29 heavy (non-hydrogen) atoms. The SMILES string of the molecule is CNc1nc(N)c(F)c(-c2nc(-c3ccc(F)cc3)c(-c3ccncc3)[nH]2)c1F. The Morgan fingerprint density at radius 1 is 0.897 bits per heavy atom. The molecular weight excluding hydrogens is 381 g/mol. The van der Waals surface area contributed by atoms with Crippen LogP contribution in [0.4, 0.5) is 24.8 Å². The Morgan fingerprint density at radius 3 is 2.24 bits per heavy atom. The van der Waals surface area contributed by atoms with Gasteiger partial charge in [-0.05, 0) is 36.4 Å². The van der Waals surface area contributed by atoms with Gasteiger partial charge in [-0.2, -0.15) is 0 Å². The molecule has 0 aliphatic rings. The fourth-order valence-corrected chi connectivity index (χ4v) is 2.97. The van der Waals surface area contributed by atoms with Crippen LogP contribution < -0.4 is 11.1 Å². The van der Waals surface area contributed by atoms with Crippen LogP contribution in [-0.2, 0) is 0 Å². The number of pyridine rings is 2. The van der Waals surface area contributed by atoms with Gasteiger partial charge in [-0.1, -0.05) is 0 Å². The second-order valence-electron chi connectivity index (χ2n) is 6.15. The predicted octanol–water partition coefficient (Wildman–Crippen LogP) is 4.24. The second kappa shape index (κ2) is 7.27. The Labute approximate surface area is 163 Å². The fourth-order valence-electron chi connectivity index (χ4n) is 2.97. The summed E-state index contributed by atoms with van der Waals surface area (Å²) in [6.45, 7) is 0. The van der Waals surface area contributed by atoms with E-state index in [1.54, 1.807) is 24.5 Å². The lowest BCUT2D eigenvalue weighted by Gasteiger charge is -2.08. The van der Waals surface area contributed by atoms with E-state index in [0.29, 0.717) is 22.5 Å². The van der Waals surface area contributed by atoms with E-state index < -0.39 is 28.8 Å². The maximum absolute atomic E-state index is 14.9. The van der Waals surface area contributed by atoms with Gasteiger partial charge in [0.1, 0.15) is 11.6 Å². The van der Waals surface area contributed by atoms with Gasteiger partial charge < -0.3 is 16.0 Å². The molecule has 9 heteroatoms. The van der Waals surface area contributed by atoms with Crippen molar-refractivity contribution < 1.29 is 13.2 Å². The lowest BCUT2D eigenvalue weighted by molar-refractivity contribution is 0.585. The molecule has 0 fully saturated rings. The van der Waals surface area contributed by atoms with Crippen molar-refractivity contribution in [3.63, 3.8) is 0 Å². The summed E-state index contributed by atoms with van der Waals surface area (Å²) in [5.41, 5.74) is 7.31. The summed E-state index contributed by atoms with van der Waals surface area (Å²) in [5, 5.41) is 2.54. The van der Waals surface area contributed by atoms with Gasteiger partial charge in [-0.15, -0.1) is 0 Å². The van der Waals surface area contributed by atoms with Gasteiger partial charge >= 0.3 is 0 Å². The molecule has 0 amide bonds. The molecular formula is C20H15F3N6. The minimum atomic E-state index is -1.03. The van der Waals surface area contributed by atoms with Crippen LogP contribution in [0, 0.1) is 17.5 Å². The summed E-state index contributed by atoms with van der Waals surface area (Å²) in [5.74, 6) is -3.11. The Hall–Kier alpha value is -3.88. The zero-order valence-corrected chi connectivity index (χ0v) is 15.2. The summed E-state index contributed by atoms with van der Waals surface area (Å²) in [6.07, 6.45) is 3.16. The third-order valence-electron chi connectivity index (χ3n) is 4.37. The maximum atomic E-state index is 14.9. The lowest BCUT2D eigenvalue weighted by Crippen LogP contribution is -2.06. The molecule has 3 heterocycles. The summed E-state index contributed by atoms with van der Waals surface area (Å²) in [4.78, 5) is 15.0. The molecule has 4 rings (SSSR count). The van der Waals surface area contributed by atoms with E-state index in [4.69, 9.17) is 5.73 Å². The van der Waals surface area contributed by atoms with Gasteiger partial charge in [0, 0.05) is 30.6 Å². The number of imidazole rings is 1. The third kappa shape index (κ3) is 3.27. The van der Waals surface area contributed by atoms with Crippen molar-refractivity contribution in [1.29, 1.82) is 0 Å². The summed E-state index contributed by atoms with van der Waals surface area (Å²) < 4.78 is 42.9. The van der Waals surface area contributed by atoms with Crippen molar-refractivity contribution in [3.8, 4) is 33.9 Å². The fraction of sp³-hybridized carbons (Fsp3) is 0.0500. The molecule has 4 N–H and O–H groups in total. The molecule has 0 aliphatic carbocycles. The Kier molecular flexibility index (Phi) is 4.63. The van der Waals surface area contributed by atoms with Gasteiger partial charge in [0.15, 0.2) is 23.3 Å². The van der Waals surface area contributed by atoms with Crippen molar-refractivity contribution >= 4 is 11.6 Å². The molecule has 0 atom stereocenters. The molecule has 0 unspecified atom stereocenters. The van der Waals surface area contributed by atoms with Crippen molar-refractivity contribution in [2.75, 3.05) is 18.1 Å². The van der Waals surface area contributed by atoms with E-state index in [-0.39, 0.29) is 11.6 Å². The Morgan fingerprint density at radius 2 is 1.59 bits per heavy atom. The largest absolute Gasteiger partial charge is 0.381 e. The van der Waals surface area contributed by atoms with Crippen LogP contribution in [-0.4, -0.2) is 27.0 Å². The molecule has 0 saturated carbocycles. The number of nitrogen functional groups attached to an aromatic ring is 1. The topological polar surface area (TPSA) is 92.5 Å². The third-order valence-corrected chi connectivity index (χ3v) is 4.37. The highest BCUT2D eigenvalue weighted by Crippen LogP contribution is 2.36. The first-order valence-corrected chi connectivity index (χ1v) is 8.58. The van der Waals surface area contributed by atoms with Crippen molar-refractivity contribution in [1.82, 2.24) is 19.9 Å². The van der Waals surface area contributed by atoms with Gasteiger partial charge in [0.25, 0.3) is 0 Å². The van der Waals surface area contributed by atoms with Gasteiger partial charge in [-0.3, -0.25) is 4.98 Å². The summed E-state index contributed by atoms with van der Waals surface area (Å²) in [7, 11) is 1.45. The molecule has 0 saturated heterocycles. The predicted molar refractivity (Wildman–Crippen MR) is 104 cm³/mol. The molecule has 0 bridgehead atoms. The number of rotatable bonds is 4. The molecule has 0 radical (unpaired) electrons. The number of nitrogens with zero attached hydrogens (tertiary/aromatic N) is 3. The van der Waals surface area contributed by atoms with E-state index in [1.165, 1.54) is 31.3 Å². The first-order valence-electron chi connectivity index (χ1n) is 8.58. The molecule has 0 aliphatic heterocycles. The molecule has 146 valence electrons. The number of benzene rings is 1. The van der Waals surface area contributed by atoms with Crippen molar-refractivity contribution in [3.05, 3.63) is 66.2 Å². The number of halogens is 3. The van der Waals surface area contributed by atoms with Crippen LogP contribution in [0.25, 0.3) is 33.9 Å². The number of hydrogen-bond acceptors (Lipinski definition) is 5. The van der Waals surface area contributed by atoms with Crippen molar-refractivity contribution in [2.24, 2.45) is 0 Å². The van der Waals surface area contributed by atoms with Crippen LogP contribution in [0.1, 0.15) is 0 Å². The van der Waals surface area contributed by atoms with E-state index in [2.05, 4.69) is 25.3 Å². The Bertz CT molecular complexity index is 1170. The van der Waals surface area contributed by atoms with Gasteiger partial charge in [-0.25, -0.2) is 23.1 Å². The normalized spacial score (nSPS) is 10.9.